The number of hydrogen-bond acceptors (Lipinski definition) is 4. The highest BCUT2D eigenvalue weighted by Crippen LogP contribution is 2.34. The van der Waals surface area contributed by atoms with E-state index in [-0.39, 0.29) is 23.8 Å². The zero-order chi connectivity index (χ0) is 12.5. The van der Waals surface area contributed by atoms with E-state index in [1.165, 1.54) is 0 Å². The van der Waals surface area contributed by atoms with Crippen molar-refractivity contribution in [1.29, 1.82) is 0 Å². The number of furan rings is 2. The van der Waals surface area contributed by atoms with Gasteiger partial charge >= 0.3 is 0 Å². The molecule has 0 spiro atoms. The first-order valence-corrected chi connectivity index (χ1v) is 6.11. The van der Waals surface area contributed by atoms with E-state index in [2.05, 4.69) is 5.32 Å². The number of Topliss-reactive ketones (excluding diaryl/α,β-unsaturated/α-hetero) is 1. The summed E-state index contributed by atoms with van der Waals surface area (Å²) in [5.41, 5.74) is 0. The summed E-state index contributed by atoms with van der Waals surface area (Å²) in [6, 6.07) is 7.30. The summed E-state index contributed by atoms with van der Waals surface area (Å²) in [7, 11) is 0. The third kappa shape index (κ3) is 1.88. The lowest BCUT2D eigenvalue weighted by Gasteiger charge is -2.32. The number of ketones is 1. The van der Waals surface area contributed by atoms with Crippen LogP contribution in [0.4, 0.5) is 0 Å². The van der Waals surface area contributed by atoms with Crippen LogP contribution in [0.5, 0.6) is 0 Å². The molecule has 2 aromatic rings. The SMILES string of the molecule is C[C@H]1C(=O)C[C@@H](c2ccco2)N[C@@H]1c1ccco1. The van der Waals surface area contributed by atoms with E-state index in [1.54, 1.807) is 12.5 Å². The van der Waals surface area contributed by atoms with Crippen LogP contribution >= 0.6 is 0 Å². The van der Waals surface area contributed by atoms with E-state index in [0.717, 1.165) is 11.5 Å². The Kier molecular flexibility index (Phi) is 2.80. The molecule has 1 aliphatic heterocycles. The monoisotopic (exact) mass is 245 g/mol. The van der Waals surface area contributed by atoms with Crippen molar-refractivity contribution in [1.82, 2.24) is 5.32 Å². The minimum Gasteiger partial charge on any atom is -0.468 e. The van der Waals surface area contributed by atoms with Crippen molar-refractivity contribution in [3.63, 3.8) is 0 Å². The molecule has 0 amide bonds. The minimum atomic E-state index is -0.0867. The van der Waals surface area contributed by atoms with E-state index in [4.69, 9.17) is 8.83 Å². The van der Waals surface area contributed by atoms with Gasteiger partial charge in [0.2, 0.25) is 0 Å². The van der Waals surface area contributed by atoms with Crippen LogP contribution in [0.3, 0.4) is 0 Å². The third-order valence-corrected chi connectivity index (χ3v) is 3.53. The predicted octanol–water partition coefficient (Wildman–Crippen LogP) is 2.85. The van der Waals surface area contributed by atoms with Crippen molar-refractivity contribution in [3.8, 4) is 0 Å². The largest absolute Gasteiger partial charge is 0.468 e. The molecule has 0 bridgehead atoms. The molecule has 3 rings (SSSR count). The van der Waals surface area contributed by atoms with Crippen molar-refractivity contribution in [2.45, 2.75) is 25.4 Å². The Morgan fingerprint density at radius 2 is 1.83 bits per heavy atom. The van der Waals surface area contributed by atoms with Gasteiger partial charge in [-0.1, -0.05) is 6.92 Å². The molecule has 0 aliphatic carbocycles. The molecule has 3 heterocycles. The fourth-order valence-electron chi connectivity index (χ4n) is 2.46. The molecule has 18 heavy (non-hydrogen) atoms. The van der Waals surface area contributed by atoms with Gasteiger partial charge in [-0.2, -0.15) is 0 Å². The lowest BCUT2D eigenvalue weighted by atomic mass is 9.85. The highest BCUT2D eigenvalue weighted by atomic mass is 16.3. The van der Waals surface area contributed by atoms with Gasteiger partial charge in [-0.05, 0) is 24.3 Å². The quantitative estimate of drug-likeness (QED) is 0.883. The van der Waals surface area contributed by atoms with Gasteiger partial charge in [-0.25, -0.2) is 0 Å². The molecule has 0 aromatic carbocycles. The number of carbonyl (C=O) groups is 1. The first kappa shape index (κ1) is 11.3. The van der Waals surface area contributed by atoms with E-state index in [9.17, 15) is 4.79 Å². The maximum Gasteiger partial charge on any atom is 0.139 e. The van der Waals surface area contributed by atoms with Crippen LogP contribution in [-0.4, -0.2) is 5.78 Å². The fourth-order valence-corrected chi connectivity index (χ4v) is 2.46. The van der Waals surface area contributed by atoms with E-state index in [0.29, 0.717) is 6.42 Å². The van der Waals surface area contributed by atoms with E-state index in [1.807, 2.05) is 31.2 Å². The average Bonchev–Trinajstić information content (AvgIpc) is 3.03. The number of rotatable bonds is 2. The number of hydrogen-bond donors (Lipinski definition) is 1. The molecular formula is C14H15NO3. The molecule has 3 atom stereocenters. The topological polar surface area (TPSA) is 55.4 Å². The molecule has 2 aromatic heterocycles. The fraction of sp³-hybridized carbons (Fsp3) is 0.357. The first-order chi connectivity index (χ1) is 8.75. The molecule has 1 saturated heterocycles. The van der Waals surface area contributed by atoms with Gasteiger partial charge in [0.15, 0.2) is 0 Å². The van der Waals surface area contributed by atoms with Crippen molar-refractivity contribution in [2.24, 2.45) is 5.92 Å². The van der Waals surface area contributed by atoms with Gasteiger partial charge in [-0.3, -0.25) is 10.1 Å². The molecule has 94 valence electrons. The van der Waals surface area contributed by atoms with Crippen molar-refractivity contribution in [3.05, 3.63) is 48.3 Å². The maximum absolute atomic E-state index is 12.1. The van der Waals surface area contributed by atoms with Gasteiger partial charge in [0.05, 0.1) is 24.6 Å². The smallest absolute Gasteiger partial charge is 0.139 e. The summed E-state index contributed by atoms with van der Waals surface area (Å²) in [6.45, 7) is 1.93. The molecule has 1 fully saturated rings. The lowest BCUT2D eigenvalue weighted by Crippen LogP contribution is -2.40. The summed E-state index contributed by atoms with van der Waals surface area (Å²) >= 11 is 0. The molecule has 4 heteroatoms. The maximum atomic E-state index is 12.1. The van der Waals surface area contributed by atoms with Gasteiger partial charge in [0, 0.05) is 12.3 Å². The summed E-state index contributed by atoms with van der Waals surface area (Å²) in [5.74, 6) is 1.75. The Labute approximate surface area is 105 Å². The Morgan fingerprint density at radius 1 is 1.17 bits per heavy atom. The number of piperidine rings is 1. The first-order valence-electron chi connectivity index (χ1n) is 6.11. The molecular weight excluding hydrogens is 230 g/mol. The van der Waals surface area contributed by atoms with Crippen LogP contribution in [0, 0.1) is 5.92 Å². The van der Waals surface area contributed by atoms with Crippen LogP contribution in [-0.2, 0) is 4.79 Å². The van der Waals surface area contributed by atoms with Gasteiger partial charge in [-0.15, -0.1) is 0 Å². The van der Waals surface area contributed by atoms with Crippen LogP contribution < -0.4 is 5.32 Å². The molecule has 1 aliphatic rings. The van der Waals surface area contributed by atoms with Crippen LogP contribution in [0.25, 0.3) is 0 Å². The Morgan fingerprint density at radius 3 is 2.44 bits per heavy atom. The molecule has 0 radical (unpaired) electrons. The summed E-state index contributed by atoms with van der Waals surface area (Å²) in [5, 5.41) is 3.43. The molecule has 0 saturated carbocycles. The normalized spacial score (nSPS) is 28.5. The molecule has 0 unspecified atom stereocenters. The number of nitrogens with one attached hydrogen (secondary N) is 1. The van der Waals surface area contributed by atoms with Crippen LogP contribution in [0.1, 0.15) is 36.9 Å². The Hall–Kier alpha value is -1.81. The van der Waals surface area contributed by atoms with Crippen molar-refractivity contribution in [2.75, 3.05) is 0 Å². The predicted molar refractivity (Wildman–Crippen MR) is 64.8 cm³/mol. The zero-order valence-electron chi connectivity index (χ0n) is 10.1. The molecule has 1 N–H and O–H groups in total. The van der Waals surface area contributed by atoms with Gasteiger partial charge < -0.3 is 8.83 Å². The van der Waals surface area contributed by atoms with Crippen LogP contribution in [0.2, 0.25) is 0 Å². The Balaban J connectivity index is 1.88. The summed E-state index contributed by atoms with van der Waals surface area (Å²) in [6.07, 6.45) is 3.72. The van der Waals surface area contributed by atoms with Crippen molar-refractivity contribution >= 4 is 5.78 Å². The van der Waals surface area contributed by atoms with Crippen molar-refractivity contribution < 1.29 is 13.6 Å². The van der Waals surface area contributed by atoms with E-state index < -0.39 is 0 Å². The number of carbonyl (C=O) groups excluding carboxylic acids is 1. The van der Waals surface area contributed by atoms with Gasteiger partial charge in [0.25, 0.3) is 0 Å². The van der Waals surface area contributed by atoms with E-state index >= 15 is 0 Å². The molecule has 4 nitrogen and oxygen atoms in total. The summed E-state index contributed by atoms with van der Waals surface area (Å²) < 4.78 is 10.8. The summed E-state index contributed by atoms with van der Waals surface area (Å²) in [4.78, 5) is 12.1. The third-order valence-electron chi connectivity index (χ3n) is 3.53. The average molecular weight is 245 g/mol. The Bertz CT molecular complexity index is 515. The highest BCUT2D eigenvalue weighted by Gasteiger charge is 2.37. The minimum absolute atomic E-state index is 0.0706. The van der Waals surface area contributed by atoms with Crippen LogP contribution in [0.15, 0.2) is 45.6 Å². The lowest BCUT2D eigenvalue weighted by molar-refractivity contribution is -0.126. The highest BCUT2D eigenvalue weighted by molar-refractivity contribution is 5.83. The zero-order valence-corrected chi connectivity index (χ0v) is 10.1. The second kappa shape index (κ2) is 4.46. The van der Waals surface area contributed by atoms with Gasteiger partial charge in [0.1, 0.15) is 17.3 Å². The second-order valence-corrected chi connectivity index (χ2v) is 4.69. The standard InChI is InChI=1S/C14H15NO3/c1-9-11(16)8-10(12-4-2-6-17-12)15-14(9)13-5-3-7-18-13/h2-7,9-10,14-15H,8H2,1H3/t9-,10-,14-/m0/s1. The second-order valence-electron chi connectivity index (χ2n) is 4.69.